The molecule has 2 aromatic rings. The van der Waals surface area contributed by atoms with E-state index in [-0.39, 0.29) is 11.9 Å². The maximum absolute atomic E-state index is 12.3. The number of hydrogen-bond acceptors (Lipinski definition) is 3. The van der Waals surface area contributed by atoms with Crippen LogP contribution >= 0.6 is 27.5 Å². The van der Waals surface area contributed by atoms with E-state index in [0.29, 0.717) is 18.0 Å². The van der Waals surface area contributed by atoms with Gasteiger partial charge in [-0.2, -0.15) is 10.2 Å². The molecule has 0 fully saturated rings. The summed E-state index contributed by atoms with van der Waals surface area (Å²) < 4.78 is 4.43. The van der Waals surface area contributed by atoms with Crippen LogP contribution in [0.5, 0.6) is 0 Å². The van der Waals surface area contributed by atoms with E-state index in [1.54, 1.807) is 10.9 Å². The predicted octanol–water partition coefficient (Wildman–Crippen LogP) is 3.27. The molecule has 2 aromatic heterocycles. The first kappa shape index (κ1) is 18.0. The van der Waals surface area contributed by atoms with Gasteiger partial charge in [0.2, 0.25) is 5.91 Å². The van der Waals surface area contributed by atoms with Crippen molar-refractivity contribution in [2.75, 3.05) is 6.54 Å². The minimum absolute atomic E-state index is 0.0190. The Kier molecular flexibility index (Phi) is 6.24. The molecule has 0 spiro atoms. The topological polar surface area (TPSA) is 64.7 Å². The van der Waals surface area contributed by atoms with Gasteiger partial charge in [0.25, 0.3) is 0 Å². The lowest BCUT2D eigenvalue weighted by Crippen LogP contribution is -2.33. The number of nitrogens with one attached hydrogen (secondary N) is 1. The summed E-state index contributed by atoms with van der Waals surface area (Å²) in [6, 6.07) is -0.288. The average Bonchev–Trinajstić information content (AvgIpc) is 3.04. The first-order chi connectivity index (χ1) is 10.9. The molecular weight excluding hydrogens is 382 g/mol. The number of carbonyl (C=O) groups excluding carboxylic acids is 1. The Labute approximate surface area is 149 Å². The number of aromatic nitrogens is 4. The molecule has 126 valence electrons. The Morgan fingerprint density at radius 2 is 2.22 bits per heavy atom. The van der Waals surface area contributed by atoms with Gasteiger partial charge in [0.1, 0.15) is 6.04 Å². The van der Waals surface area contributed by atoms with Crippen molar-refractivity contribution in [3.63, 3.8) is 0 Å². The Morgan fingerprint density at radius 1 is 1.48 bits per heavy atom. The SMILES string of the molecule is CCC(C(=O)NCCCn1nc(C)c(Cl)c1C)n1cc(Br)cn1. The van der Waals surface area contributed by atoms with Gasteiger partial charge in [-0.1, -0.05) is 18.5 Å². The van der Waals surface area contributed by atoms with Crippen molar-refractivity contribution in [3.8, 4) is 0 Å². The molecule has 2 heterocycles. The summed E-state index contributed by atoms with van der Waals surface area (Å²) in [5.74, 6) is -0.0190. The zero-order chi connectivity index (χ0) is 17.0. The highest BCUT2D eigenvalue weighted by Crippen LogP contribution is 2.19. The predicted molar refractivity (Wildman–Crippen MR) is 93.6 cm³/mol. The zero-order valence-electron chi connectivity index (χ0n) is 13.5. The van der Waals surface area contributed by atoms with Crippen LogP contribution in [0.15, 0.2) is 16.9 Å². The van der Waals surface area contributed by atoms with Crippen LogP contribution in [-0.4, -0.2) is 32.0 Å². The van der Waals surface area contributed by atoms with Crippen molar-refractivity contribution in [1.82, 2.24) is 24.9 Å². The first-order valence-corrected chi connectivity index (χ1v) is 8.78. The summed E-state index contributed by atoms with van der Waals surface area (Å²) in [7, 11) is 0. The Bertz CT molecular complexity index is 681. The monoisotopic (exact) mass is 401 g/mol. The summed E-state index contributed by atoms with van der Waals surface area (Å²) in [5.41, 5.74) is 1.80. The second kappa shape index (κ2) is 7.97. The van der Waals surface area contributed by atoms with E-state index in [2.05, 4.69) is 31.4 Å². The quantitative estimate of drug-likeness (QED) is 0.723. The number of rotatable bonds is 7. The Morgan fingerprint density at radius 3 is 2.74 bits per heavy atom. The Balaban J connectivity index is 1.83. The third kappa shape index (κ3) is 4.35. The zero-order valence-corrected chi connectivity index (χ0v) is 15.9. The molecule has 0 aliphatic rings. The molecule has 1 amide bonds. The fourth-order valence-electron chi connectivity index (χ4n) is 2.43. The molecule has 0 aliphatic heterocycles. The molecule has 1 atom stereocenters. The lowest BCUT2D eigenvalue weighted by molar-refractivity contribution is -0.124. The molecule has 1 unspecified atom stereocenters. The van der Waals surface area contributed by atoms with Gasteiger partial charge in [0.05, 0.1) is 27.1 Å². The summed E-state index contributed by atoms with van der Waals surface area (Å²) in [6.45, 7) is 7.13. The number of nitrogens with zero attached hydrogens (tertiary/aromatic N) is 4. The van der Waals surface area contributed by atoms with E-state index in [1.807, 2.05) is 31.6 Å². The number of halogens is 2. The van der Waals surface area contributed by atoms with Gasteiger partial charge in [-0.25, -0.2) is 0 Å². The van der Waals surface area contributed by atoms with Crippen LogP contribution in [0.2, 0.25) is 5.02 Å². The van der Waals surface area contributed by atoms with E-state index in [9.17, 15) is 4.79 Å². The molecule has 0 saturated heterocycles. The highest BCUT2D eigenvalue weighted by Gasteiger charge is 2.18. The van der Waals surface area contributed by atoms with Gasteiger partial charge in [-0.15, -0.1) is 0 Å². The number of amides is 1. The molecule has 0 bridgehead atoms. The van der Waals surface area contributed by atoms with Gasteiger partial charge in [0.15, 0.2) is 0 Å². The molecule has 0 aliphatic carbocycles. The molecule has 23 heavy (non-hydrogen) atoms. The highest BCUT2D eigenvalue weighted by molar-refractivity contribution is 9.10. The van der Waals surface area contributed by atoms with Crippen LogP contribution in [-0.2, 0) is 11.3 Å². The summed E-state index contributed by atoms with van der Waals surface area (Å²) >= 11 is 9.47. The van der Waals surface area contributed by atoms with Crippen molar-refractivity contribution < 1.29 is 4.79 Å². The minimum atomic E-state index is -0.288. The van der Waals surface area contributed by atoms with Gasteiger partial charge >= 0.3 is 0 Å². The van der Waals surface area contributed by atoms with Crippen molar-refractivity contribution in [2.45, 2.75) is 46.2 Å². The molecule has 1 N–H and O–H groups in total. The normalized spacial score (nSPS) is 12.4. The fraction of sp³-hybridized carbons (Fsp3) is 0.533. The minimum Gasteiger partial charge on any atom is -0.354 e. The summed E-state index contributed by atoms with van der Waals surface area (Å²) in [4.78, 5) is 12.3. The Hall–Kier alpha value is -1.34. The average molecular weight is 403 g/mol. The fourth-order valence-corrected chi connectivity index (χ4v) is 2.87. The molecule has 6 nitrogen and oxygen atoms in total. The van der Waals surface area contributed by atoms with Gasteiger partial charge in [-0.05, 0) is 42.6 Å². The van der Waals surface area contributed by atoms with Crippen LogP contribution in [0, 0.1) is 13.8 Å². The van der Waals surface area contributed by atoms with E-state index in [1.165, 1.54) is 0 Å². The van der Waals surface area contributed by atoms with Crippen LogP contribution < -0.4 is 5.32 Å². The van der Waals surface area contributed by atoms with Crippen LogP contribution in [0.4, 0.5) is 0 Å². The van der Waals surface area contributed by atoms with Crippen LogP contribution in [0.3, 0.4) is 0 Å². The summed E-state index contributed by atoms with van der Waals surface area (Å²) in [6.07, 6.45) is 4.98. The van der Waals surface area contributed by atoms with E-state index in [4.69, 9.17) is 11.6 Å². The van der Waals surface area contributed by atoms with E-state index >= 15 is 0 Å². The second-order valence-corrected chi connectivity index (χ2v) is 6.71. The number of carbonyl (C=O) groups is 1. The van der Waals surface area contributed by atoms with Crippen LogP contribution in [0.25, 0.3) is 0 Å². The lowest BCUT2D eigenvalue weighted by atomic mass is 10.2. The van der Waals surface area contributed by atoms with Gasteiger partial charge in [0, 0.05) is 19.3 Å². The lowest BCUT2D eigenvalue weighted by Gasteiger charge is -2.15. The molecular formula is C15H21BrClN5O. The van der Waals surface area contributed by atoms with Gasteiger partial charge < -0.3 is 5.32 Å². The largest absolute Gasteiger partial charge is 0.354 e. The van der Waals surface area contributed by atoms with Crippen molar-refractivity contribution in [1.29, 1.82) is 0 Å². The third-order valence-electron chi connectivity index (χ3n) is 3.72. The second-order valence-electron chi connectivity index (χ2n) is 5.42. The van der Waals surface area contributed by atoms with E-state index < -0.39 is 0 Å². The molecule has 0 saturated carbocycles. The number of aryl methyl sites for hydroxylation is 2. The molecule has 0 aromatic carbocycles. The summed E-state index contributed by atoms with van der Waals surface area (Å²) in [5, 5.41) is 12.2. The maximum atomic E-state index is 12.3. The highest BCUT2D eigenvalue weighted by atomic mass is 79.9. The third-order valence-corrected chi connectivity index (χ3v) is 4.67. The van der Waals surface area contributed by atoms with Crippen molar-refractivity contribution >= 4 is 33.4 Å². The smallest absolute Gasteiger partial charge is 0.244 e. The molecule has 2 rings (SSSR count). The van der Waals surface area contributed by atoms with E-state index in [0.717, 1.165) is 28.8 Å². The standard InChI is InChI=1S/C15H21BrClN5O/c1-4-13(22-9-12(16)8-19-22)15(23)18-6-5-7-21-11(3)14(17)10(2)20-21/h8-9,13H,4-7H2,1-3H3,(H,18,23). The van der Waals surface area contributed by atoms with Crippen LogP contribution in [0.1, 0.15) is 37.2 Å². The molecule has 8 heteroatoms. The molecule has 0 radical (unpaired) electrons. The van der Waals surface area contributed by atoms with Gasteiger partial charge in [-0.3, -0.25) is 14.2 Å². The number of hydrogen-bond donors (Lipinski definition) is 1. The first-order valence-electron chi connectivity index (χ1n) is 7.61. The van der Waals surface area contributed by atoms with Crippen molar-refractivity contribution in [2.24, 2.45) is 0 Å². The van der Waals surface area contributed by atoms with Crippen molar-refractivity contribution in [3.05, 3.63) is 33.3 Å². The maximum Gasteiger partial charge on any atom is 0.244 e.